The van der Waals surface area contributed by atoms with Gasteiger partial charge in [-0.05, 0) is 18.6 Å². The second-order valence-corrected chi connectivity index (χ2v) is 7.28. The van der Waals surface area contributed by atoms with Crippen molar-refractivity contribution < 1.29 is 19.1 Å². The molecule has 138 valence electrons. The van der Waals surface area contributed by atoms with Gasteiger partial charge in [0.1, 0.15) is 11.7 Å². The quantitative estimate of drug-likeness (QED) is 0.612. The van der Waals surface area contributed by atoms with Crippen molar-refractivity contribution in [3.8, 4) is 5.75 Å². The van der Waals surface area contributed by atoms with Crippen molar-refractivity contribution in [2.45, 2.75) is 25.0 Å². The van der Waals surface area contributed by atoms with E-state index in [2.05, 4.69) is 6.58 Å². The van der Waals surface area contributed by atoms with Crippen molar-refractivity contribution in [3.63, 3.8) is 0 Å². The zero-order chi connectivity index (χ0) is 18.3. The van der Waals surface area contributed by atoms with Gasteiger partial charge in [-0.25, -0.2) is 0 Å². The van der Waals surface area contributed by atoms with E-state index in [1.807, 2.05) is 31.2 Å². The summed E-state index contributed by atoms with van der Waals surface area (Å²) in [5.74, 6) is -0.404. The Morgan fingerprint density at radius 2 is 2.08 bits per heavy atom. The lowest BCUT2D eigenvalue weighted by Crippen LogP contribution is -2.65. The second-order valence-electron chi connectivity index (χ2n) is 7.28. The molecule has 2 fully saturated rings. The van der Waals surface area contributed by atoms with Gasteiger partial charge >= 0.3 is 0 Å². The third-order valence-electron chi connectivity index (χ3n) is 5.65. The molecule has 6 nitrogen and oxygen atoms in total. The summed E-state index contributed by atoms with van der Waals surface area (Å²) in [5, 5.41) is 0. The average Bonchev–Trinajstić information content (AvgIpc) is 2.65. The molecule has 1 aromatic carbocycles. The Labute approximate surface area is 153 Å². The zero-order valence-corrected chi connectivity index (χ0v) is 15.0. The maximum Gasteiger partial charge on any atom is 0.239 e. The van der Waals surface area contributed by atoms with Gasteiger partial charge < -0.3 is 19.3 Å². The Morgan fingerprint density at radius 1 is 1.35 bits per heavy atom. The van der Waals surface area contributed by atoms with Crippen LogP contribution in [0.25, 0.3) is 0 Å². The fraction of sp³-hybridized carbons (Fsp3) is 0.500. The minimum atomic E-state index is -0.758. The molecule has 2 bridgehead atoms. The summed E-state index contributed by atoms with van der Waals surface area (Å²) in [7, 11) is 0. The molecular formula is C20H24N2O4. The van der Waals surface area contributed by atoms with Crippen LogP contribution < -0.4 is 4.74 Å². The number of benzene rings is 1. The van der Waals surface area contributed by atoms with Crippen LogP contribution in [0.2, 0.25) is 0 Å². The van der Waals surface area contributed by atoms with E-state index in [0.29, 0.717) is 39.3 Å². The van der Waals surface area contributed by atoms with Gasteiger partial charge in [0.2, 0.25) is 11.8 Å². The van der Waals surface area contributed by atoms with E-state index < -0.39 is 11.6 Å². The van der Waals surface area contributed by atoms with Gasteiger partial charge in [-0.2, -0.15) is 0 Å². The molecule has 0 radical (unpaired) electrons. The number of fused-ring (bicyclic) bond motifs is 4. The smallest absolute Gasteiger partial charge is 0.239 e. The van der Waals surface area contributed by atoms with Gasteiger partial charge in [0.25, 0.3) is 0 Å². The topological polar surface area (TPSA) is 59.1 Å². The predicted molar refractivity (Wildman–Crippen MR) is 95.6 cm³/mol. The summed E-state index contributed by atoms with van der Waals surface area (Å²) in [5.41, 5.74) is 0.190. The van der Waals surface area contributed by atoms with Crippen molar-refractivity contribution in [2.24, 2.45) is 5.92 Å². The molecule has 4 rings (SSSR count). The first-order valence-corrected chi connectivity index (χ1v) is 9.12. The zero-order valence-electron chi connectivity index (χ0n) is 15.0. The van der Waals surface area contributed by atoms with E-state index in [0.717, 1.165) is 11.3 Å². The van der Waals surface area contributed by atoms with Crippen molar-refractivity contribution in [3.05, 3.63) is 42.5 Å². The molecule has 3 aliphatic rings. The Kier molecular flexibility index (Phi) is 4.23. The lowest BCUT2D eigenvalue weighted by molar-refractivity contribution is -0.177. The average molecular weight is 356 g/mol. The van der Waals surface area contributed by atoms with E-state index in [1.165, 1.54) is 0 Å². The highest BCUT2D eigenvalue weighted by Crippen LogP contribution is 2.50. The number of hydrogen-bond donors (Lipinski definition) is 0. The first kappa shape index (κ1) is 17.1. The van der Waals surface area contributed by atoms with Gasteiger partial charge in [-0.15, -0.1) is 6.58 Å². The summed E-state index contributed by atoms with van der Waals surface area (Å²) < 4.78 is 11.6. The second kappa shape index (κ2) is 6.43. The molecule has 0 aromatic heterocycles. The van der Waals surface area contributed by atoms with Gasteiger partial charge in [-0.3, -0.25) is 9.59 Å². The van der Waals surface area contributed by atoms with Crippen LogP contribution in [0.15, 0.2) is 36.9 Å². The summed E-state index contributed by atoms with van der Waals surface area (Å²) >= 11 is 0. The van der Waals surface area contributed by atoms with Crippen LogP contribution in [0.1, 0.15) is 24.8 Å². The minimum Gasteiger partial charge on any atom is -0.468 e. The Bertz CT molecular complexity index is 743. The molecule has 2 amide bonds. The normalized spacial score (nSPS) is 30.4. The van der Waals surface area contributed by atoms with Gasteiger partial charge in [-0.1, -0.05) is 24.3 Å². The summed E-state index contributed by atoms with van der Waals surface area (Å²) in [6, 6.07) is 7.73. The van der Waals surface area contributed by atoms with E-state index in [4.69, 9.17) is 9.47 Å². The molecule has 0 spiro atoms. The number of nitrogens with zero attached hydrogens (tertiary/aromatic N) is 2. The van der Waals surface area contributed by atoms with Crippen LogP contribution in [0.5, 0.6) is 5.75 Å². The largest absolute Gasteiger partial charge is 0.468 e. The lowest BCUT2D eigenvalue weighted by Gasteiger charge is -2.53. The van der Waals surface area contributed by atoms with Crippen LogP contribution in [-0.4, -0.2) is 60.2 Å². The number of morpholine rings is 1. The van der Waals surface area contributed by atoms with Crippen LogP contribution >= 0.6 is 0 Å². The number of amides is 2. The molecule has 3 aliphatic heterocycles. The molecular weight excluding hydrogens is 332 g/mol. The van der Waals surface area contributed by atoms with Crippen molar-refractivity contribution in [1.82, 2.24) is 9.80 Å². The van der Waals surface area contributed by atoms with E-state index in [-0.39, 0.29) is 17.7 Å². The SMILES string of the molecule is C=CCN1C(=O)[C@H](C(=O)N2CCOCC2)[C@@H]2C[C@@]1(C)Oc1ccccc12. The van der Waals surface area contributed by atoms with Crippen molar-refractivity contribution >= 4 is 11.8 Å². The van der Waals surface area contributed by atoms with Gasteiger partial charge in [0.05, 0.1) is 13.2 Å². The molecule has 3 atom stereocenters. The summed E-state index contributed by atoms with van der Waals surface area (Å²) in [6.07, 6.45) is 2.29. The molecule has 1 aromatic rings. The number of likely N-dealkylation sites (tertiary alicyclic amines) is 1. The Morgan fingerprint density at radius 3 is 2.81 bits per heavy atom. The maximum atomic E-state index is 13.3. The van der Waals surface area contributed by atoms with Crippen molar-refractivity contribution in [2.75, 3.05) is 32.8 Å². The van der Waals surface area contributed by atoms with Crippen LogP contribution in [-0.2, 0) is 14.3 Å². The number of para-hydroxylation sites is 1. The van der Waals surface area contributed by atoms with E-state index >= 15 is 0 Å². The fourth-order valence-electron chi connectivity index (χ4n) is 4.38. The summed E-state index contributed by atoms with van der Waals surface area (Å²) in [6.45, 7) is 8.16. The molecule has 0 saturated carbocycles. The van der Waals surface area contributed by atoms with Crippen LogP contribution in [0, 0.1) is 5.92 Å². The number of rotatable bonds is 3. The van der Waals surface area contributed by atoms with Crippen LogP contribution in [0.3, 0.4) is 0 Å². The van der Waals surface area contributed by atoms with E-state index in [9.17, 15) is 9.59 Å². The Balaban J connectivity index is 1.76. The maximum absolute atomic E-state index is 13.3. The highest BCUT2D eigenvalue weighted by molar-refractivity contribution is 6.02. The number of hydrogen-bond acceptors (Lipinski definition) is 4. The first-order chi connectivity index (χ1) is 12.5. The minimum absolute atomic E-state index is 0.101. The van der Waals surface area contributed by atoms with Crippen LogP contribution in [0.4, 0.5) is 0 Å². The molecule has 6 heteroatoms. The first-order valence-electron chi connectivity index (χ1n) is 9.12. The molecule has 26 heavy (non-hydrogen) atoms. The predicted octanol–water partition coefficient (Wildman–Crippen LogP) is 1.77. The molecule has 3 heterocycles. The molecule has 0 unspecified atom stereocenters. The standard InChI is InChI=1S/C20H24N2O4/c1-3-8-22-19(24)17(18(23)21-9-11-25-12-10-21)15-13-20(22,2)26-16-7-5-4-6-14(15)16/h3-7,15,17H,1,8-13H2,2H3/t15-,17+,20-/m1/s1. The fourth-order valence-corrected chi connectivity index (χ4v) is 4.38. The van der Waals surface area contributed by atoms with Gasteiger partial charge in [0.15, 0.2) is 5.72 Å². The van der Waals surface area contributed by atoms with E-state index in [1.54, 1.807) is 15.9 Å². The number of ether oxygens (including phenoxy) is 2. The highest BCUT2D eigenvalue weighted by atomic mass is 16.5. The molecule has 0 N–H and O–H groups in total. The number of carbonyl (C=O) groups is 2. The Hall–Kier alpha value is -2.34. The third kappa shape index (κ3) is 2.60. The lowest BCUT2D eigenvalue weighted by atomic mass is 9.73. The number of piperidine rings is 1. The van der Waals surface area contributed by atoms with Gasteiger partial charge in [0, 0.05) is 32.0 Å². The highest BCUT2D eigenvalue weighted by Gasteiger charge is 2.56. The monoisotopic (exact) mass is 356 g/mol. The third-order valence-corrected chi connectivity index (χ3v) is 5.65. The summed E-state index contributed by atoms with van der Waals surface area (Å²) in [4.78, 5) is 30.1. The molecule has 0 aliphatic carbocycles. The number of carbonyl (C=O) groups excluding carboxylic acids is 2. The van der Waals surface area contributed by atoms with Crippen molar-refractivity contribution in [1.29, 1.82) is 0 Å². The molecule has 2 saturated heterocycles.